The van der Waals surface area contributed by atoms with Crippen LogP contribution < -0.4 is 0 Å². The van der Waals surface area contributed by atoms with Gasteiger partial charge in [0.2, 0.25) is 5.91 Å². The van der Waals surface area contributed by atoms with Crippen LogP contribution in [0.5, 0.6) is 0 Å². The summed E-state index contributed by atoms with van der Waals surface area (Å²) in [5.41, 5.74) is 1.84. The maximum absolute atomic E-state index is 13.1. The summed E-state index contributed by atoms with van der Waals surface area (Å²) in [6.07, 6.45) is 4.96. The third-order valence-electron chi connectivity index (χ3n) is 5.17. The molecule has 22 heavy (non-hydrogen) atoms. The Morgan fingerprint density at radius 2 is 2.00 bits per heavy atom. The number of halogens is 2. The van der Waals surface area contributed by atoms with E-state index >= 15 is 0 Å². The van der Waals surface area contributed by atoms with Crippen LogP contribution in [0.1, 0.15) is 56.2 Å². The van der Waals surface area contributed by atoms with E-state index in [9.17, 15) is 4.79 Å². The Morgan fingerprint density at radius 1 is 1.27 bits per heavy atom. The largest absolute Gasteiger partial charge is 0.335 e. The van der Waals surface area contributed by atoms with Gasteiger partial charge in [0.15, 0.2) is 0 Å². The molecule has 1 saturated heterocycles. The molecule has 1 heterocycles. The molecule has 120 valence electrons. The van der Waals surface area contributed by atoms with Crippen LogP contribution in [-0.2, 0) is 4.79 Å². The quantitative estimate of drug-likeness (QED) is 0.692. The molecule has 3 rings (SSSR count). The summed E-state index contributed by atoms with van der Waals surface area (Å²) in [7, 11) is 0. The third-order valence-corrected chi connectivity index (χ3v) is 6.27. The van der Waals surface area contributed by atoms with Crippen molar-refractivity contribution in [1.29, 1.82) is 0 Å². The summed E-state index contributed by atoms with van der Waals surface area (Å²) >= 11 is 12.5. The number of carbonyl (C=O) groups excluding carboxylic acids is 1. The van der Waals surface area contributed by atoms with Gasteiger partial charge in [0.25, 0.3) is 0 Å². The fourth-order valence-corrected chi connectivity index (χ4v) is 4.22. The van der Waals surface area contributed by atoms with E-state index in [4.69, 9.17) is 23.2 Å². The number of aryl methyl sites for hydroxylation is 1. The molecule has 2 aliphatic rings. The molecule has 0 bridgehead atoms. The number of likely N-dealkylation sites (tertiary alicyclic amines) is 1. The van der Waals surface area contributed by atoms with Crippen molar-refractivity contribution in [2.24, 2.45) is 5.41 Å². The Labute approximate surface area is 142 Å². The molecule has 1 saturated carbocycles. The zero-order valence-corrected chi connectivity index (χ0v) is 14.8. The van der Waals surface area contributed by atoms with E-state index in [0.717, 1.165) is 25.8 Å². The number of nitrogens with zero attached hydrogens (tertiary/aromatic N) is 1. The average Bonchev–Trinajstić information content (AvgIpc) is 3.08. The van der Waals surface area contributed by atoms with Gasteiger partial charge in [-0.05, 0) is 38.7 Å². The Hall–Kier alpha value is -0.730. The van der Waals surface area contributed by atoms with Crippen molar-refractivity contribution in [3.8, 4) is 0 Å². The van der Waals surface area contributed by atoms with Crippen LogP contribution in [0.4, 0.5) is 0 Å². The molecule has 2 nitrogen and oxygen atoms in total. The predicted molar refractivity (Wildman–Crippen MR) is 91.3 cm³/mol. The van der Waals surface area contributed by atoms with Gasteiger partial charge in [0, 0.05) is 6.54 Å². The molecule has 1 amide bonds. The van der Waals surface area contributed by atoms with Crippen LogP contribution in [-0.4, -0.2) is 21.7 Å². The topological polar surface area (TPSA) is 20.3 Å². The maximum atomic E-state index is 13.1. The molecule has 1 aromatic rings. The molecule has 0 aromatic heterocycles. The lowest BCUT2D eigenvalue weighted by Crippen LogP contribution is -2.40. The first-order valence-electron chi connectivity index (χ1n) is 8.11. The molecule has 2 unspecified atom stereocenters. The fraction of sp³-hybridized carbons (Fsp3) is 0.611. The van der Waals surface area contributed by atoms with E-state index in [-0.39, 0.29) is 11.9 Å². The summed E-state index contributed by atoms with van der Waals surface area (Å²) in [4.78, 5) is 15.1. The van der Waals surface area contributed by atoms with Crippen LogP contribution in [0, 0.1) is 12.3 Å². The number of rotatable bonds is 2. The molecule has 2 fully saturated rings. The second kappa shape index (κ2) is 5.72. The van der Waals surface area contributed by atoms with Gasteiger partial charge in [-0.3, -0.25) is 4.79 Å². The van der Waals surface area contributed by atoms with Crippen LogP contribution in [0.25, 0.3) is 0 Å². The lowest BCUT2D eigenvalue weighted by molar-refractivity contribution is -0.139. The van der Waals surface area contributed by atoms with Crippen LogP contribution >= 0.6 is 23.2 Å². The highest BCUT2D eigenvalue weighted by molar-refractivity contribution is 6.53. The third kappa shape index (κ3) is 2.76. The summed E-state index contributed by atoms with van der Waals surface area (Å²) in [5, 5.41) is 0. The van der Waals surface area contributed by atoms with Crippen molar-refractivity contribution >= 4 is 29.1 Å². The minimum absolute atomic E-state index is 0.117. The van der Waals surface area contributed by atoms with Gasteiger partial charge >= 0.3 is 0 Å². The summed E-state index contributed by atoms with van der Waals surface area (Å²) in [6.45, 7) is 4.79. The highest BCUT2D eigenvalue weighted by atomic mass is 35.5. The molecule has 1 aliphatic heterocycles. The minimum Gasteiger partial charge on any atom is -0.335 e. The van der Waals surface area contributed by atoms with Crippen molar-refractivity contribution in [1.82, 2.24) is 4.90 Å². The van der Waals surface area contributed by atoms with Crippen molar-refractivity contribution in [3.63, 3.8) is 0 Å². The van der Waals surface area contributed by atoms with E-state index in [1.54, 1.807) is 0 Å². The molecule has 0 spiro atoms. The van der Waals surface area contributed by atoms with Crippen molar-refractivity contribution < 1.29 is 4.79 Å². The van der Waals surface area contributed by atoms with E-state index in [2.05, 4.69) is 31.2 Å². The Balaban J connectivity index is 1.90. The Bertz CT molecular complexity index is 586. The van der Waals surface area contributed by atoms with Gasteiger partial charge in [-0.1, -0.05) is 42.7 Å². The van der Waals surface area contributed by atoms with E-state index in [1.807, 2.05) is 11.8 Å². The zero-order chi connectivity index (χ0) is 16.0. The lowest BCUT2D eigenvalue weighted by atomic mass is 9.97. The molecule has 1 aromatic carbocycles. The van der Waals surface area contributed by atoms with Crippen molar-refractivity contribution in [2.75, 3.05) is 6.54 Å². The fourth-order valence-electron chi connectivity index (χ4n) is 3.52. The summed E-state index contributed by atoms with van der Waals surface area (Å²) in [6, 6.07) is 8.64. The second-order valence-electron chi connectivity index (χ2n) is 6.99. The molecule has 1 aliphatic carbocycles. The van der Waals surface area contributed by atoms with E-state index in [1.165, 1.54) is 17.5 Å². The standard InChI is InChI=1S/C18H23Cl2NO/c1-13-7-6-8-14(11-13)15-9-4-3-5-10-21(15)16(22)17(2)12-18(17,19)20/h6-8,11,15H,3-5,9-10,12H2,1-2H3. The first kappa shape index (κ1) is 16.1. The van der Waals surface area contributed by atoms with Gasteiger partial charge in [-0.2, -0.15) is 0 Å². The van der Waals surface area contributed by atoms with Gasteiger partial charge in [-0.15, -0.1) is 23.2 Å². The lowest BCUT2D eigenvalue weighted by Gasteiger charge is -2.33. The summed E-state index contributed by atoms with van der Waals surface area (Å²) < 4.78 is -0.895. The number of alkyl halides is 2. The highest BCUT2D eigenvalue weighted by Gasteiger charge is 2.69. The monoisotopic (exact) mass is 339 g/mol. The van der Waals surface area contributed by atoms with Crippen LogP contribution in [0.15, 0.2) is 24.3 Å². The van der Waals surface area contributed by atoms with Gasteiger partial charge in [0.1, 0.15) is 4.33 Å². The van der Waals surface area contributed by atoms with Crippen molar-refractivity contribution in [2.45, 2.75) is 56.3 Å². The van der Waals surface area contributed by atoms with Crippen LogP contribution in [0.3, 0.4) is 0 Å². The Kier molecular flexibility index (Phi) is 4.20. The highest BCUT2D eigenvalue weighted by Crippen LogP contribution is 2.65. The van der Waals surface area contributed by atoms with Gasteiger partial charge in [-0.25, -0.2) is 0 Å². The first-order valence-corrected chi connectivity index (χ1v) is 8.86. The molecule has 2 atom stereocenters. The SMILES string of the molecule is Cc1cccc(C2CCCCCN2C(=O)C2(C)CC2(Cl)Cl)c1. The summed E-state index contributed by atoms with van der Waals surface area (Å²) in [5.74, 6) is 0.117. The molecule has 0 N–H and O–H groups in total. The molecular formula is C18H23Cl2NO. The maximum Gasteiger partial charge on any atom is 0.232 e. The second-order valence-corrected chi connectivity index (χ2v) is 8.48. The van der Waals surface area contributed by atoms with Gasteiger partial charge < -0.3 is 4.90 Å². The number of hydrogen-bond donors (Lipinski definition) is 0. The van der Waals surface area contributed by atoms with E-state index in [0.29, 0.717) is 6.42 Å². The average molecular weight is 340 g/mol. The number of carbonyl (C=O) groups is 1. The van der Waals surface area contributed by atoms with Crippen molar-refractivity contribution in [3.05, 3.63) is 35.4 Å². The molecule has 4 heteroatoms. The van der Waals surface area contributed by atoms with Gasteiger partial charge in [0.05, 0.1) is 11.5 Å². The molecular weight excluding hydrogens is 317 g/mol. The van der Waals surface area contributed by atoms with Crippen LogP contribution in [0.2, 0.25) is 0 Å². The number of amides is 1. The zero-order valence-electron chi connectivity index (χ0n) is 13.2. The normalized spacial score (nSPS) is 30.7. The van der Waals surface area contributed by atoms with E-state index < -0.39 is 9.75 Å². The predicted octanol–water partition coefficient (Wildman–Crippen LogP) is 5.02. The molecule has 0 radical (unpaired) electrons. The minimum atomic E-state index is -0.895. The first-order chi connectivity index (χ1) is 10.3. The smallest absolute Gasteiger partial charge is 0.232 e. The Morgan fingerprint density at radius 3 is 2.64 bits per heavy atom. The number of benzene rings is 1. The number of hydrogen-bond acceptors (Lipinski definition) is 1.